The highest BCUT2D eigenvalue weighted by Gasteiger charge is 2.28. The smallest absolute Gasteiger partial charge is 0.422 e. The Hall–Kier alpha value is -0.910. The van der Waals surface area contributed by atoms with Gasteiger partial charge < -0.3 is 15.4 Å². The molecule has 0 saturated carbocycles. The number of nitrogens with zero attached hydrogens (tertiary/aromatic N) is 2. The fourth-order valence-corrected chi connectivity index (χ4v) is 1.84. The van der Waals surface area contributed by atoms with E-state index in [0.29, 0.717) is 12.5 Å². The van der Waals surface area contributed by atoms with Crippen LogP contribution in [-0.2, 0) is 6.54 Å². The van der Waals surface area contributed by atoms with Crippen LogP contribution >= 0.6 is 35.7 Å². The lowest BCUT2D eigenvalue weighted by molar-refractivity contribution is -0.154. The summed E-state index contributed by atoms with van der Waals surface area (Å²) in [6, 6.07) is 3.06. The zero-order valence-electron chi connectivity index (χ0n) is 15.3. The minimum Gasteiger partial charge on any atom is -0.468 e. The van der Waals surface area contributed by atoms with E-state index in [-0.39, 0.29) is 34.6 Å². The van der Waals surface area contributed by atoms with Gasteiger partial charge in [-0.25, -0.2) is 9.98 Å². The second kappa shape index (κ2) is 11.7. The minimum atomic E-state index is -4.37. The molecule has 0 atom stereocenters. The Morgan fingerprint density at radius 2 is 1.96 bits per heavy atom. The van der Waals surface area contributed by atoms with Gasteiger partial charge in [0.2, 0.25) is 5.88 Å². The Kier molecular flexibility index (Phi) is 11.3. The summed E-state index contributed by atoms with van der Waals surface area (Å²) in [4.78, 5) is 8.33. The normalized spacial score (nSPS) is 12.3. The third-order valence-electron chi connectivity index (χ3n) is 3.18. The van der Waals surface area contributed by atoms with Crippen LogP contribution in [0.15, 0.2) is 23.3 Å². The second-order valence-electron chi connectivity index (χ2n) is 5.92. The Labute approximate surface area is 174 Å². The van der Waals surface area contributed by atoms with Crippen LogP contribution in [0.2, 0.25) is 0 Å². The summed E-state index contributed by atoms with van der Waals surface area (Å²) in [5.74, 6) is 0.624. The number of halogens is 4. The largest absolute Gasteiger partial charge is 0.468 e. The van der Waals surface area contributed by atoms with Crippen LogP contribution < -0.4 is 15.4 Å². The van der Waals surface area contributed by atoms with Crippen molar-refractivity contribution >= 4 is 41.7 Å². The first-order chi connectivity index (χ1) is 11.6. The Morgan fingerprint density at radius 1 is 1.27 bits per heavy atom. The van der Waals surface area contributed by atoms with Crippen LogP contribution in [0.5, 0.6) is 5.88 Å². The van der Waals surface area contributed by atoms with Gasteiger partial charge in [0.1, 0.15) is 0 Å². The summed E-state index contributed by atoms with van der Waals surface area (Å²) in [7, 11) is 0. The summed E-state index contributed by atoms with van der Waals surface area (Å²) >= 11 is 1.76. The molecule has 0 aromatic carbocycles. The van der Waals surface area contributed by atoms with E-state index in [9.17, 15) is 13.2 Å². The van der Waals surface area contributed by atoms with Crippen molar-refractivity contribution in [2.24, 2.45) is 4.99 Å². The van der Waals surface area contributed by atoms with Gasteiger partial charge in [-0.2, -0.15) is 24.9 Å². The molecule has 0 radical (unpaired) electrons. The first-order valence-electron chi connectivity index (χ1n) is 7.87. The highest BCUT2D eigenvalue weighted by molar-refractivity contribution is 14.0. The number of pyridine rings is 1. The molecule has 0 aliphatic heterocycles. The zero-order chi connectivity index (χ0) is 18.9. The van der Waals surface area contributed by atoms with Crippen molar-refractivity contribution < 1.29 is 17.9 Å². The van der Waals surface area contributed by atoms with Crippen LogP contribution in [0.1, 0.15) is 26.3 Å². The van der Waals surface area contributed by atoms with Crippen LogP contribution in [0.25, 0.3) is 0 Å². The third kappa shape index (κ3) is 10.9. The lowest BCUT2D eigenvalue weighted by atomic mass is 10.2. The fourth-order valence-electron chi connectivity index (χ4n) is 1.63. The zero-order valence-corrected chi connectivity index (χ0v) is 18.5. The molecule has 1 heterocycles. The topological polar surface area (TPSA) is 58.5 Å². The van der Waals surface area contributed by atoms with E-state index in [1.807, 2.05) is 6.92 Å². The molecule has 10 heteroatoms. The molecular weight excluding hydrogens is 480 g/mol. The molecule has 150 valence electrons. The molecule has 0 aliphatic carbocycles. The van der Waals surface area contributed by atoms with Gasteiger partial charge in [0.15, 0.2) is 12.6 Å². The van der Waals surface area contributed by atoms with Crippen molar-refractivity contribution in [3.63, 3.8) is 0 Å². The van der Waals surface area contributed by atoms with Gasteiger partial charge in [-0.3, -0.25) is 0 Å². The summed E-state index contributed by atoms with van der Waals surface area (Å²) in [6.45, 7) is 6.75. The summed E-state index contributed by atoms with van der Waals surface area (Å²) in [6.07, 6.45) is -0.855. The van der Waals surface area contributed by atoms with Crippen molar-refractivity contribution in [1.29, 1.82) is 0 Å². The first-order valence-corrected chi connectivity index (χ1v) is 9.09. The van der Waals surface area contributed by atoms with E-state index in [1.165, 1.54) is 12.3 Å². The van der Waals surface area contributed by atoms with Crippen molar-refractivity contribution in [2.45, 2.75) is 38.2 Å². The maximum absolute atomic E-state index is 12.1. The van der Waals surface area contributed by atoms with E-state index < -0.39 is 12.8 Å². The predicted molar refractivity (Wildman–Crippen MR) is 112 cm³/mol. The van der Waals surface area contributed by atoms with Crippen molar-refractivity contribution in [3.05, 3.63) is 23.9 Å². The van der Waals surface area contributed by atoms with Crippen molar-refractivity contribution in [1.82, 2.24) is 15.6 Å². The van der Waals surface area contributed by atoms with Gasteiger partial charge in [0.25, 0.3) is 0 Å². The molecule has 26 heavy (non-hydrogen) atoms. The number of aliphatic imine (C=N–C) groups is 1. The lowest BCUT2D eigenvalue weighted by Gasteiger charge is -2.23. The van der Waals surface area contributed by atoms with Gasteiger partial charge in [0.05, 0.1) is 6.54 Å². The standard InChI is InChI=1S/C16H25F3N4OS.HI/c1-5-20-14(23-10-15(2,3)25-4)22-9-12-6-7-13(21-8-12)24-11-16(17,18)19;/h6-8H,5,9-11H2,1-4H3,(H2,20,22,23);1H. The molecule has 2 N–H and O–H groups in total. The molecule has 0 fully saturated rings. The fraction of sp³-hybridized carbons (Fsp3) is 0.625. The SMILES string of the molecule is CCNC(=NCc1ccc(OCC(F)(F)F)nc1)NCC(C)(C)SC.I. The highest BCUT2D eigenvalue weighted by Crippen LogP contribution is 2.19. The van der Waals surface area contributed by atoms with Gasteiger partial charge in [-0.1, -0.05) is 6.07 Å². The van der Waals surface area contributed by atoms with Gasteiger partial charge in [-0.05, 0) is 32.6 Å². The molecule has 0 spiro atoms. The highest BCUT2D eigenvalue weighted by atomic mass is 127. The molecule has 0 unspecified atom stereocenters. The van der Waals surface area contributed by atoms with Crippen LogP contribution in [0, 0.1) is 0 Å². The molecule has 0 saturated heterocycles. The number of nitrogens with one attached hydrogen (secondary N) is 2. The van der Waals surface area contributed by atoms with Gasteiger partial charge in [0, 0.05) is 30.1 Å². The van der Waals surface area contributed by atoms with E-state index >= 15 is 0 Å². The minimum absolute atomic E-state index is 0. The van der Waals surface area contributed by atoms with E-state index in [4.69, 9.17) is 0 Å². The van der Waals surface area contributed by atoms with Crippen molar-refractivity contribution in [2.75, 3.05) is 26.0 Å². The molecular formula is C16H26F3IN4OS. The summed E-state index contributed by atoms with van der Waals surface area (Å²) in [5.41, 5.74) is 0.778. The van der Waals surface area contributed by atoms with Crippen LogP contribution in [-0.4, -0.2) is 47.8 Å². The van der Waals surface area contributed by atoms with Crippen LogP contribution in [0.3, 0.4) is 0 Å². The van der Waals surface area contributed by atoms with Gasteiger partial charge >= 0.3 is 6.18 Å². The number of rotatable bonds is 8. The number of aromatic nitrogens is 1. The average Bonchev–Trinajstić information content (AvgIpc) is 2.56. The number of thioether (sulfide) groups is 1. The van der Waals surface area contributed by atoms with Crippen molar-refractivity contribution in [3.8, 4) is 5.88 Å². The molecule has 0 bridgehead atoms. The Bertz CT molecular complexity index is 553. The van der Waals surface area contributed by atoms with E-state index in [1.54, 1.807) is 17.8 Å². The predicted octanol–water partition coefficient (Wildman–Crippen LogP) is 3.84. The molecule has 1 rings (SSSR count). The summed E-state index contributed by atoms with van der Waals surface area (Å²) in [5, 5.41) is 6.44. The van der Waals surface area contributed by atoms with E-state index in [2.05, 4.69) is 45.5 Å². The lowest BCUT2D eigenvalue weighted by Crippen LogP contribution is -2.43. The molecule has 1 aromatic heterocycles. The molecule has 1 aromatic rings. The van der Waals surface area contributed by atoms with Crippen LogP contribution in [0.4, 0.5) is 13.2 Å². The Balaban J connectivity index is 0.00000625. The number of ether oxygens (including phenoxy) is 1. The Morgan fingerprint density at radius 3 is 2.46 bits per heavy atom. The summed E-state index contributed by atoms with van der Waals surface area (Å²) < 4.78 is 41.0. The number of hydrogen-bond donors (Lipinski definition) is 2. The third-order valence-corrected chi connectivity index (χ3v) is 4.43. The number of hydrogen-bond acceptors (Lipinski definition) is 4. The van der Waals surface area contributed by atoms with Gasteiger partial charge in [-0.15, -0.1) is 24.0 Å². The maximum Gasteiger partial charge on any atom is 0.422 e. The number of guanidine groups is 1. The quantitative estimate of drug-likeness (QED) is 0.319. The maximum atomic E-state index is 12.1. The average molecular weight is 506 g/mol. The number of alkyl halides is 3. The first kappa shape index (κ1) is 25.1. The second-order valence-corrected chi connectivity index (χ2v) is 7.43. The van der Waals surface area contributed by atoms with E-state index in [0.717, 1.165) is 18.7 Å². The molecule has 0 aliphatic rings. The monoisotopic (exact) mass is 506 g/mol. The molecule has 0 amide bonds. The molecule has 5 nitrogen and oxygen atoms in total.